The Kier molecular flexibility index (Phi) is 2.74. The molecule has 0 saturated carbocycles. The SMILES string of the molecule is Fc1ccc(C2CNCCN2)c(F)c1. The topological polar surface area (TPSA) is 24.1 Å². The second kappa shape index (κ2) is 4.02. The average molecular weight is 198 g/mol. The molecule has 2 N–H and O–H groups in total. The first-order valence-corrected chi connectivity index (χ1v) is 4.66. The van der Waals surface area contributed by atoms with Crippen LogP contribution in [0.4, 0.5) is 8.78 Å². The van der Waals surface area contributed by atoms with Crippen molar-refractivity contribution in [1.82, 2.24) is 10.6 Å². The average Bonchev–Trinajstić information content (AvgIpc) is 2.19. The molecular formula is C10H12F2N2. The number of nitrogens with one attached hydrogen (secondary N) is 2. The van der Waals surface area contributed by atoms with Crippen molar-refractivity contribution in [3.63, 3.8) is 0 Å². The number of piperazine rings is 1. The summed E-state index contributed by atoms with van der Waals surface area (Å²) in [6, 6.07) is 3.65. The summed E-state index contributed by atoms with van der Waals surface area (Å²) in [7, 11) is 0. The van der Waals surface area contributed by atoms with E-state index in [1.807, 2.05) is 0 Å². The van der Waals surface area contributed by atoms with E-state index < -0.39 is 11.6 Å². The molecule has 1 aromatic carbocycles. The third-order valence-electron chi connectivity index (χ3n) is 2.38. The van der Waals surface area contributed by atoms with Gasteiger partial charge in [-0.2, -0.15) is 0 Å². The molecule has 0 radical (unpaired) electrons. The highest BCUT2D eigenvalue weighted by Gasteiger charge is 2.17. The summed E-state index contributed by atoms with van der Waals surface area (Å²) in [6.45, 7) is 2.38. The minimum atomic E-state index is -0.532. The summed E-state index contributed by atoms with van der Waals surface area (Å²) < 4.78 is 26.0. The molecule has 2 nitrogen and oxygen atoms in total. The lowest BCUT2D eigenvalue weighted by atomic mass is 10.0. The van der Waals surface area contributed by atoms with Crippen molar-refractivity contribution in [2.24, 2.45) is 0 Å². The van der Waals surface area contributed by atoms with Crippen molar-refractivity contribution in [1.29, 1.82) is 0 Å². The number of halogens is 2. The normalized spacial score (nSPS) is 22.3. The van der Waals surface area contributed by atoms with Gasteiger partial charge in [0.15, 0.2) is 0 Å². The monoisotopic (exact) mass is 198 g/mol. The first-order valence-electron chi connectivity index (χ1n) is 4.66. The van der Waals surface area contributed by atoms with Gasteiger partial charge >= 0.3 is 0 Å². The van der Waals surface area contributed by atoms with Crippen molar-refractivity contribution in [3.05, 3.63) is 35.4 Å². The molecule has 0 amide bonds. The van der Waals surface area contributed by atoms with Gasteiger partial charge in [0.1, 0.15) is 11.6 Å². The molecule has 0 bridgehead atoms. The molecule has 2 rings (SSSR count). The zero-order valence-corrected chi connectivity index (χ0v) is 7.69. The molecule has 1 heterocycles. The van der Waals surface area contributed by atoms with Gasteiger partial charge in [-0.15, -0.1) is 0 Å². The van der Waals surface area contributed by atoms with E-state index >= 15 is 0 Å². The first kappa shape index (κ1) is 9.55. The van der Waals surface area contributed by atoms with Gasteiger partial charge < -0.3 is 10.6 Å². The fourth-order valence-electron chi connectivity index (χ4n) is 1.66. The lowest BCUT2D eigenvalue weighted by Crippen LogP contribution is -2.42. The summed E-state index contributed by atoms with van der Waals surface area (Å²) in [5.41, 5.74) is 0.526. The Morgan fingerprint density at radius 3 is 2.71 bits per heavy atom. The van der Waals surface area contributed by atoms with Crippen LogP contribution in [0.2, 0.25) is 0 Å². The van der Waals surface area contributed by atoms with Gasteiger partial charge in [0, 0.05) is 37.3 Å². The Labute approximate surface area is 81.3 Å². The summed E-state index contributed by atoms with van der Waals surface area (Å²) in [6.07, 6.45) is 0. The maximum atomic E-state index is 13.3. The predicted octanol–water partition coefficient (Wildman–Crippen LogP) is 1.20. The Hall–Kier alpha value is -1.00. The molecule has 14 heavy (non-hydrogen) atoms. The Morgan fingerprint density at radius 2 is 2.07 bits per heavy atom. The molecule has 1 unspecified atom stereocenters. The van der Waals surface area contributed by atoms with Crippen molar-refractivity contribution < 1.29 is 8.78 Å². The maximum absolute atomic E-state index is 13.3. The zero-order valence-electron chi connectivity index (χ0n) is 7.69. The van der Waals surface area contributed by atoms with Crippen LogP contribution in [-0.2, 0) is 0 Å². The van der Waals surface area contributed by atoms with Gasteiger partial charge in [-0.25, -0.2) is 8.78 Å². The quantitative estimate of drug-likeness (QED) is 0.708. The number of hydrogen-bond donors (Lipinski definition) is 2. The predicted molar refractivity (Wildman–Crippen MR) is 50.0 cm³/mol. The van der Waals surface area contributed by atoms with E-state index in [1.54, 1.807) is 0 Å². The van der Waals surface area contributed by atoms with E-state index in [0.717, 1.165) is 19.2 Å². The van der Waals surface area contributed by atoms with E-state index in [9.17, 15) is 8.78 Å². The minimum Gasteiger partial charge on any atom is -0.314 e. The Balaban J connectivity index is 2.22. The van der Waals surface area contributed by atoms with Crippen molar-refractivity contribution in [3.8, 4) is 0 Å². The Bertz CT molecular complexity index is 322. The molecule has 4 heteroatoms. The highest BCUT2D eigenvalue weighted by Crippen LogP contribution is 2.18. The molecule has 1 saturated heterocycles. The van der Waals surface area contributed by atoms with Crippen LogP contribution >= 0.6 is 0 Å². The van der Waals surface area contributed by atoms with Crippen LogP contribution in [0, 0.1) is 11.6 Å². The van der Waals surface area contributed by atoms with E-state index in [4.69, 9.17) is 0 Å². The van der Waals surface area contributed by atoms with Gasteiger partial charge in [0.05, 0.1) is 0 Å². The van der Waals surface area contributed by atoms with Crippen LogP contribution in [-0.4, -0.2) is 19.6 Å². The van der Waals surface area contributed by atoms with Crippen LogP contribution in [0.1, 0.15) is 11.6 Å². The van der Waals surface area contributed by atoms with Gasteiger partial charge in [-0.1, -0.05) is 6.07 Å². The van der Waals surface area contributed by atoms with E-state index in [0.29, 0.717) is 12.1 Å². The van der Waals surface area contributed by atoms with E-state index in [1.165, 1.54) is 12.1 Å². The molecule has 1 aliphatic heterocycles. The first-order chi connectivity index (χ1) is 6.77. The Morgan fingerprint density at radius 1 is 1.21 bits per heavy atom. The van der Waals surface area contributed by atoms with E-state index in [2.05, 4.69) is 10.6 Å². The molecule has 1 fully saturated rings. The standard InChI is InChI=1S/C10H12F2N2/c11-7-1-2-8(9(12)5-7)10-6-13-3-4-14-10/h1-2,5,10,13-14H,3-4,6H2. The van der Waals surface area contributed by atoms with Crippen LogP contribution < -0.4 is 10.6 Å². The zero-order chi connectivity index (χ0) is 9.97. The highest BCUT2D eigenvalue weighted by molar-refractivity contribution is 5.22. The number of hydrogen-bond acceptors (Lipinski definition) is 2. The van der Waals surface area contributed by atoms with Gasteiger partial charge in [-0.3, -0.25) is 0 Å². The summed E-state index contributed by atoms with van der Waals surface area (Å²) >= 11 is 0. The summed E-state index contributed by atoms with van der Waals surface area (Å²) in [4.78, 5) is 0. The molecular weight excluding hydrogens is 186 g/mol. The summed E-state index contributed by atoms with van der Waals surface area (Å²) in [5, 5.41) is 6.32. The fraction of sp³-hybridized carbons (Fsp3) is 0.400. The minimum absolute atomic E-state index is 0.0515. The molecule has 0 aromatic heterocycles. The number of rotatable bonds is 1. The smallest absolute Gasteiger partial charge is 0.130 e. The largest absolute Gasteiger partial charge is 0.314 e. The number of benzene rings is 1. The lowest BCUT2D eigenvalue weighted by molar-refractivity contribution is 0.415. The van der Waals surface area contributed by atoms with Crippen molar-refractivity contribution in [2.45, 2.75) is 6.04 Å². The van der Waals surface area contributed by atoms with Crippen LogP contribution in [0.25, 0.3) is 0 Å². The molecule has 1 aromatic rings. The van der Waals surface area contributed by atoms with Crippen LogP contribution in [0.15, 0.2) is 18.2 Å². The van der Waals surface area contributed by atoms with Crippen molar-refractivity contribution >= 4 is 0 Å². The third kappa shape index (κ3) is 1.91. The van der Waals surface area contributed by atoms with Gasteiger partial charge in [-0.05, 0) is 6.07 Å². The molecule has 1 atom stereocenters. The summed E-state index contributed by atoms with van der Waals surface area (Å²) in [5.74, 6) is -1.01. The maximum Gasteiger partial charge on any atom is 0.130 e. The molecule has 0 spiro atoms. The van der Waals surface area contributed by atoms with Crippen molar-refractivity contribution in [2.75, 3.05) is 19.6 Å². The van der Waals surface area contributed by atoms with E-state index in [-0.39, 0.29) is 6.04 Å². The fourth-order valence-corrected chi connectivity index (χ4v) is 1.66. The molecule has 1 aliphatic rings. The second-order valence-electron chi connectivity index (χ2n) is 3.38. The highest BCUT2D eigenvalue weighted by atomic mass is 19.1. The second-order valence-corrected chi connectivity index (χ2v) is 3.38. The van der Waals surface area contributed by atoms with Crippen LogP contribution in [0.3, 0.4) is 0 Å². The third-order valence-corrected chi connectivity index (χ3v) is 2.38. The molecule has 0 aliphatic carbocycles. The lowest BCUT2D eigenvalue weighted by Gasteiger charge is -2.25. The van der Waals surface area contributed by atoms with Crippen LogP contribution in [0.5, 0.6) is 0 Å². The van der Waals surface area contributed by atoms with Gasteiger partial charge in [0.2, 0.25) is 0 Å². The van der Waals surface area contributed by atoms with Gasteiger partial charge in [0.25, 0.3) is 0 Å². The molecule has 76 valence electrons.